The Kier molecular flexibility index (Phi) is 4.59. The van der Waals surface area contributed by atoms with Crippen molar-refractivity contribution in [2.24, 2.45) is 0 Å². The number of aliphatic hydroxyl groups is 1. The van der Waals surface area contributed by atoms with Crippen LogP contribution in [0.2, 0.25) is 0 Å². The molecule has 0 spiro atoms. The van der Waals surface area contributed by atoms with Crippen LogP contribution < -0.4 is 4.90 Å². The Labute approximate surface area is 130 Å². The molecule has 3 nitrogen and oxygen atoms in total. The SMILES string of the molecule is OC[C@@]12CCC[NH+]1C[C@@H](OC(C(F)(F)F)(C(F)(F)F)C(F)(F)F)C2. The minimum absolute atomic E-state index is 0.301. The van der Waals surface area contributed by atoms with Gasteiger partial charge in [-0.05, 0) is 0 Å². The van der Waals surface area contributed by atoms with Crippen molar-refractivity contribution in [3.63, 3.8) is 0 Å². The molecule has 24 heavy (non-hydrogen) atoms. The number of hydrogen-bond donors (Lipinski definition) is 2. The molecule has 2 N–H and O–H groups in total. The second-order valence-corrected chi connectivity index (χ2v) is 6.22. The largest absolute Gasteiger partial charge is 0.435 e. The van der Waals surface area contributed by atoms with E-state index >= 15 is 0 Å². The first-order chi connectivity index (χ1) is 10.7. The fourth-order valence-electron chi connectivity index (χ4n) is 3.70. The van der Waals surface area contributed by atoms with E-state index in [4.69, 9.17) is 0 Å². The van der Waals surface area contributed by atoms with Crippen molar-refractivity contribution in [3.8, 4) is 0 Å². The van der Waals surface area contributed by atoms with Crippen LogP contribution in [0, 0.1) is 0 Å². The van der Waals surface area contributed by atoms with Crippen LogP contribution in [0.5, 0.6) is 0 Å². The number of quaternary nitrogens is 1. The van der Waals surface area contributed by atoms with Crippen LogP contribution in [0.3, 0.4) is 0 Å². The summed E-state index contributed by atoms with van der Waals surface area (Å²) in [5, 5.41) is 9.38. The van der Waals surface area contributed by atoms with Gasteiger partial charge in [0.2, 0.25) is 0 Å². The van der Waals surface area contributed by atoms with E-state index < -0.39 is 55.3 Å². The van der Waals surface area contributed by atoms with Crippen LogP contribution >= 0.6 is 0 Å². The lowest BCUT2D eigenvalue weighted by Crippen LogP contribution is -3.16. The first kappa shape index (κ1) is 19.6. The van der Waals surface area contributed by atoms with Crippen molar-refractivity contribution in [2.45, 2.75) is 55.0 Å². The summed E-state index contributed by atoms with van der Waals surface area (Å²) in [6.45, 7) is -0.652. The van der Waals surface area contributed by atoms with Crippen LogP contribution in [0.4, 0.5) is 39.5 Å². The molecule has 0 amide bonds. The third-order valence-corrected chi connectivity index (χ3v) is 4.82. The minimum atomic E-state index is -6.72. The topological polar surface area (TPSA) is 33.9 Å². The van der Waals surface area contributed by atoms with E-state index in [0.717, 1.165) is 0 Å². The zero-order valence-electron chi connectivity index (χ0n) is 12.1. The van der Waals surface area contributed by atoms with Crippen molar-refractivity contribution in [1.82, 2.24) is 0 Å². The molecule has 0 aliphatic carbocycles. The number of fused-ring (bicyclic) bond motifs is 1. The van der Waals surface area contributed by atoms with Gasteiger partial charge in [0.25, 0.3) is 0 Å². The van der Waals surface area contributed by atoms with Gasteiger partial charge in [0.1, 0.15) is 18.2 Å². The standard InChI is InChI=1S/C12H14F9NO2/c13-10(14,15)9(11(16,17)18,12(19,20)21)24-7-4-8(6-23)2-1-3-22(8)5-7/h7,23H,1-6H2/p+1/t7-,8-/m0/s1. The van der Waals surface area contributed by atoms with Gasteiger partial charge in [-0.2, -0.15) is 39.5 Å². The quantitative estimate of drug-likeness (QED) is 0.734. The second-order valence-electron chi connectivity index (χ2n) is 6.22. The minimum Gasteiger partial charge on any atom is -0.390 e. The van der Waals surface area contributed by atoms with E-state index in [2.05, 4.69) is 4.74 Å². The van der Waals surface area contributed by atoms with Crippen LogP contribution in [0.25, 0.3) is 0 Å². The molecule has 2 aliphatic heterocycles. The van der Waals surface area contributed by atoms with Crippen molar-refractivity contribution >= 4 is 0 Å². The molecule has 142 valence electrons. The lowest BCUT2D eigenvalue weighted by Gasteiger charge is -2.39. The van der Waals surface area contributed by atoms with E-state index in [-0.39, 0.29) is 0 Å². The van der Waals surface area contributed by atoms with Crippen LogP contribution in [0.1, 0.15) is 19.3 Å². The van der Waals surface area contributed by atoms with Gasteiger partial charge in [0.05, 0.1) is 13.2 Å². The summed E-state index contributed by atoms with van der Waals surface area (Å²) < 4.78 is 120. The smallest absolute Gasteiger partial charge is 0.390 e. The molecule has 0 aromatic rings. The van der Waals surface area contributed by atoms with Gasteiger partial charge >= 0.3 is 24.1 Å². The molecule has 0 bridgehead atoms. The highest BCUT2D eigenvalue weighted by molar-refractivity contribution is 5.04. The average Bonchev–Trinajstić information content (AvgIpc) is 2.87. The monoisotopic (exact) mass is 376 g/mol. The molecule has 1 unspecified atom stereocenters. The third-order valence-electron chi connectivity index (χ3n) is 4.82. The molecular formula is C12H15F9NO2+. The van der Waals surface area contributed by atoms with E-state index in [0.29, 0.717) is 24.3 Å². The van der Waals surface area contributed by atoms with E-state index in [1.165, 1.54) is 0 Å². The number of alkyl halides is 9. The molecule has 0 aromatic carbocycles. The molecule has 0 radical (unpaired) electrons. The number of hydrogen-bond acceptors (Lipinski definition) is 2. The summed E-state index contributed by atoms with van der Waals surface area (Å²) in [6, 6.07) is 0. The first-order valence-electron chi connectivity index (χ1n) is 7.04. The maximum atomic E-state index is 12.9. The molecular weight excluding hydrogens is 361 g/mol. The maximum Gasteiger partial charge on any atom is 0.435 e. The summed E-state index contributed by atoms with van der Waals surface area (Å²) >= 11 is 0. The molecule has 2 aliphatic rings. The summed E-state index contributed by atoms with van der Waals surface area (Å²) in [5.74, 6) is 0. The van der Waals surface area contributed by atoms with Gasteiger partial charge in [-0.1, -0.05) is 0 Å². The highest BCUT2D eigenvalue weighted by Gasteiger charge is 2.86. The fourth-order valence-corrected chi connectivity index (χ4v) is 3.70. The predicted molar refractivity (Wildman–Crippen MR) is 60.1 cm³/mol. The summed E-state index contributed by atoms with van der Waals surface area (Å²) in [4.78, 5) is 0.468. The highest BCUT2D eigenvalue weighted by Crippen LogP contribution is 2.55. The summed E-state index contributed by atoms with van der Waals surface area (Å²) in [6.07, 6.45) is -21.7. The van der Waals surface area contributed by atoms with Crippen molar-refractivity contribution in [3.05, 3.63) is 0 Å². The number of nitrogens with one attached hydrogen (secondary N) is 1. The third kappa shape index (κ3) is 2.75. The van der Waals surface area contributed by atoms with Gasteiger partial charge in [-0.3, -0.25) is 0 Å². The summed E-state index contributed by atoms with van der Waals surface area (Å²) in [5.41, 5.74) is -7.29. The molecule has 2 saturated heterocycles. The Bertz CT molecular complexity index is 437. The van der Waals surface area contributed by atoms with Crippen LogP contribution in [-0.2, 0) is 4.74 Å². The molecule has 3 atom stereocenters. The number of ether oxygens (including phenoxy) is 1. The molecule has 12 heteroatoms. The van der Waals surface area contributed by atoms with Gasteiger partial charge in [-0.15, -0.1) is 0 Å². The van der Waals surface area contributed by atoms with Crippen LogP contribution in [-0.4, -0.2) is 60.6 Å². The lowest BCUT2D eigenvalue weighted by molar-refractivity contribution is -0.927. The average molecular weight is 376 g/mol. The Morgan fingerprint density at radius 2 is 1.46 bits per heavy atom. The van der Waals surface area contributed by atoms with Gasteiger partial charge in [-0.25, -0.2) is 0 Å². The lowest BCUT2D eigenvalue weighted by atomic mass is 9.93. The van der Waals surface area contributed by atoms with Crippen molar-refractivity contribution < 1.29 is 54.3 Å². The van der Waals surface area contributed by atoms with Crippen LogP contribution in [0.15, 0.2) is 0 Å². The zero-order valence-corrected chi connectivity index (χ0v) is 12.1. The first-order valence-corrected chi connectivity index (χ1v) is 7.04. The predicted octanol–water partition coefficient (Wildman–Crippen LogP) is 1.61. The van der Waals surface area contributed by atoms with Crippen molar-refractivity contribution in [2.75, 3.05) is 19.7 Å². The number of rotatable bonds is 3. The second kappa shape index (κ2) is 5.63. The zero-order chi connectivity index (χ0) is 18.6. The Morgan fingerprint density at radius 3 is 1.83 bits per heavy atom. The van der Waals surface area contributed by atoms with Gasteiger partial charge in [0.15, 0.2) is 0 Å². The Balaban J connectivity index is 2.38. The number of aliphatic hydroxyl groups excluding tert-OH is 1. The van der Waals surface area contributed by atoms with Gasteiger partial charge in [0, 0.05) is 19.3 Å². The van der Waals surface area contributed by atoms with E-state index in [1.807, 2.05) is 0 Å². The van der Waals surface area contributed by atoms with Gasteiger partial charge < -0.3 is 14.7 Å². The summed E-state index contributed by atoms with van der Waals surface area (Å²) in [7, 11) is 0. The van der Waals surface area contributed by atoms with Crippen molar-refractivity contribution in [1.29, 1.82) is 0 Å². The molecule has 0 saturated carbocycles. The molecule has 0 aromatic heterocycles. The normalized spacial score (nSPS) is 32.2. The fraction of sp³-hybridized carbons (Fsp3) is 1.00. The molecule has 2 heterocycles. The highest BCUT2D eigenvalue weighted by atomic mass is 19.4. The van der Waals surface area contributed by atoms with E-state index in [1.54, 1.807) is 0 Å². The Morgan fingerprint density at radius 1 is 0.958 bits per heavy atom. The maximum absolute atomic E-state index is 12.9. The van der Waals surface area contributed by atoms with E-state index in [9.17, 15) is 44.6 Å². The molecule has 2 fully saturated rings. The number of halogens is 9. The molecule has 2 rings (SSSR count). The Hall–Kier alpha value is -0.750.